The van der Waals surface area contributed by atoms with E-state index in [4.69, 9.17) is 4.74 Å². The molecular formula is C21H29N3O3. The average Bonchev–Trinajstić information content (AvgIpc) is 2.64. The smallest absolute Gasteiger partial charge is 0.338 e. The lowest BCUT2D eigenvalue weighted by Crippen LogP contribution is -2.50. The van der Waals surface area contributed by atoms with Crippen LogP contribution in [0.25, 0.3) is 0 Å². The summed E-state index contributed by atoms with van der Waals surface area (Å²) in [6.45, 7) is 7.81. The van der Waals surface area contributed by atoms with Crippen LogP contribution >= 0.6 is 0 Å². The molecule has 2 aliphatic rings. The van der Waals surface area contributed by atoms with Crippen molar-refractivity contribution in [1.29, 1.82) is 0 Å². The first-order valence-electron chi connectivity index (χ1n) is 9.78. The molecule has 0 radical (unpaired) electrons. The summed E-state index contributed by atoms with van der Waals surface area (Å²) < 4.78 is 5.33. The maximum absolute atomic E-state index is 12.8. The van der Waals surface area contributed by atoms with E-state index in [0.29, 0.717) is 30.5 Å². The Morgan fingerprint density at radius 1 is 1.26 bits per heavy atom. The van der Waals surface area contributed by atoms with E-state index in [2.05, 4.69) is 22.5 Å². The number of rotatable bonds is 5. The Balaban J connectivity index is 1.98. The molecule has 2 atom stereocenters. The van der Waals surface area contributed by atoms with Gasteiger partial charge in [-0.05, 0) is 45.7 Å². The number of hydrogen-bond acceptors (Lipinski definition) is 4. The number of urea groups is 1. The number of benzene rings is 1. The van der Waals surface area contributed by atoms with Crippen molar-refractivity contribution in [3.63, 3.8) is 0 Å². The quantitative estimate of drug-likeness (QED) is 0.781. The number of nitrogens with zero attached hydrogens (tertiary/aromatic N) is 1. The van der Waals surface area contributed by atoms with E-state index in [0.717, 1.165) is 30.5 Å². The average molecular weight is 371 g/mol. The molecule has 2 N–H and O–H groups in total. The Bertz CT molecular complexity index is 727. The lowest BCUT2D eigenvalue weighted by molar-refractivity contribution is -0.139. The molecule has 6 nitrogen and oxygen atoms in total. The van der Waals surface area contributed by atoms with Crippen molar-refractivity contribution in [2.45, 2.75) is 52.1 Å². The normalized spacial score (nSPS) is 23.6. The maximum atomic E-state index is 12.8. The summed E-state index contributed by atoms with van der Waals surface area (Å²) in [6.07, 6.45) is 3.50. The van der Waals surface area contributed by atoms with Gasteiger partial charge < -0.3 is 15.4 Å². The summed E-state index contributed by atoms with van der Waals surface area (Å²) >= 11 is 0. The van der Waals surface area contributed by atoms with Crippen LogP contribution in [0.3, 0.4) is 0 Å². The van der Waals surface area contributed by atoms with Gasteiger partial charge in [-0.15, -0.1) is 0 Å². The second-order valence-corrected chi connectivity index (χ2v) is 7.37. The molecule has 0 unspecified atom stereocenters. The summed E-state index contributed by atoms with van der Waals surface area (Å²) in [7, 11) is 0. The molecule has 0 spiro atoms. The molecule has 3 rings (SSSR count). The van der Waals surface area contributed by atoms with Gasteiger partial charge in [-0.2, -0.15) is 0 Å². The zero-order valence-corrected chi connectivity index (χ0v) is 16.4. The maximum Gasteiger partial charge on any atom is 0.338 e. The molecule has 0 aliphatic carbocycles. The van der Waals surface area contributed by atoms with Gasteiger partial charge in [0.15, 0.2) is 0 Å². The van der Waals surface area contributed by atoms with Crippen molar-refractivity contribution in [2.24, 2.45) is 0 Å². The lowest BCUT2D eigenvalue weighted by atomic mass is 9.93. The molecule has 1 fully saturated rings. The minimum absolute atomic E-state index is 0.284. The Labute approximate surface area is 161 Å². The number of ether oxygens (including phenoxy) is 1. The number of nitrogens with one attached hydrogen (secondary N) is 2. The monoisotopic (exact) mass is 371 g/mol. The molecule has 1 saturated heterocycles. The fraction of sp³-hybridized carbons (Fsp3) is 0.524. The first-order valence-corrected chi connectivity index (χ1v) is 9.78. The second-order valence-electron chi connectivity index (χ2n) is 7.37. The predicted octanol–water partition coefficient (Wildman–Crippen LogP) is 3.04. The van der Waals surface area contributed by atoms with Crippen molar-refractivity contribution >= 4 is 12.0 Å². The number of esters is 1. The Hall–Kier alpha value is -2.34. The third-order valence-electron chi connectivity index (χ3n) is 5.36. The molecule has 1 aromatic rings. The highest BCUT2D eigenvalue weighted by Gasteiger charge is 2.35. The van der Waals surface area contributed by atoms with Crippen molar-refractivity contribution in [3.8, 4) is 0 Å². The predicted molar refractivity (Wildman–Crippen MR) is 104 cm³/mol. The number of hydrogen-bond donors (Lipinski definition) is 2. The third-order valence-corrected chi connectivity index (χ3v) is 5.36. The molecule has 2 aliphatic heterocycles. The molecule has 27 heavy (non-hydrogen) atoms. The standard InChI is InChI=1S/C21H29N3O3/c1-4-27-20(25)18-17(13-24-12-6-5-7-15(24)3)22-21(26)23-19(18)16-10-8-14(2)9-11-16/h8-11,15,19H,4-7,12-13H2,1-3H3,(H2,22,23,26)/t15-,19-/m1/s1. The van der Waals surface area contributed by atoms with Crippen LogP contribution in [-0.2, 0) is 9.53 Å². The van der Waals surface area contributed by atoms with Gasteiger partial charge in [-0.3, -0.25) is 4.90 Å². The highest BCUT2D eigenvalue weighted by atomic mass is 16.5. The second kappa shape index (κ2) is 8.57. The van der Waals surface area contributed by atoms with Crippen LogP contribution in [-0.4, -0.2) is 42.6 Å². The van der Waals surface area contributed by atoms with E-state index < -0.39 is 6.04 Å². The Kier molecular flexibility index (Phi) is 6.16. The van der Waals surface area contributed by atoms with E-state index >= 15 is 0 Å². The van der Waals surface area contributed by atoms with Crippen LogP contribution in [0.4, 0.5) is 4.79 Å². The fourth-order valence-corrected chi connectivity index (χ4v) is 3.80. The van der Waals surface area contributed by atoms with Gasteiger partial charge in [0.25, 0.3) is 0 Å². The van der Waals surface area contributed by atoms with Crippen LogP contribution in [0.2, 0.25) is 0 Å². The molecule has 0 aromatic heterocycles. The summed E-state index contributed by atoms with van der Waals surface area (Å²) in [5, 5.41) is 5.76. The molecule has 6 heteroatoms. The molecule has 2 heterocycles. The topological polar surface area (TPSA) is 70.7 Å². The number of carbonyl (C=O) groups is 2. The summed E-state index contributed by atoms with van der Waals surface area (Å²) in [4.78, 5) is 27.5. The molecule has 0 saturated carbocycles. The SMILES string of the molecule is CCOC(=O)C1=C(CN2CCCC[C@H]2C)NC(=O)N[C@@H]1c1ccc(C)cc1. The minimum atomic E-state index is -0.506. The summed E-state index contributed by atoms with van der Waals surface area (Å²) in [6, 6.07) is 7.51. The van der Waals surface area contributed by atoms with Gasteiger partial charge in [-0.25, -0.2) is 9.59 Å². The van der Waals surface area contributed by atoms with Crippen LogP contribution in [0.1, 0.15) is 50.3 Å². The first kappa shape index (κ1) is 19.4. The van der Waals surface area contributed by atoms with Gasteiger partial charge in [0, 0.05) is 18.3 Å². The van der Waals surface area contributed by atoms with E-state index in [1.54, 1.807) is 6.92 Å². The number of aryl methyl sites for hydroxylation is 1. The fourth-order valence-electron chi connectivity index (χ4n) is 3.80. The Morgan fingerprint density at radius 3 is 2.67 bits per heavy atom. The van der Waals surface area contributed by atoms with Gasteiger partial charge >= 0.3 is 12.0 Å². The van der Waals surface area contributed by atoms with Gasteiger partial charge in [0.05, 0.1) is 18.2 Å². The minimum Gasteiger partial charge on any atom is -0.463 e. The van der Waals surface area contributed by atoms with E-state index in [-0.39, 0.29) is 12.0 Å². The van der Waals surface area contributed by atoms with Crippen molar-refractivity contribution in [3.05, 3.63) is 46.7 Å². The van der Waals surface area contributed by atoms with Crippen molar-refractivity contribution in [1.82, 2.24) is 15.5 Å². The Morgan fingerprint density at radius 2 is 2.00 bits per heavy atom. The van der Waals surface area contributed by atoms with E-state index in [1.807, 2.05) is 31.2 Å². The molecule has 146 valence electrons. The number of likely N-dealkylation sites (tertiary alicyclic amines) is 1. The highest BCUT2D eigenvalue weighted by molar-refractivity contribution is 5.95. The van der Waals surface area contributed by atoms with E-state index in [1.165, 1.54) is 6.42 Å². The zero-order valence-electron chi connectivity index (χ0n) is 16.4. The number of amides is 2. The summed E-state index contributed by atoms with van der Waals surface area (Å²) in [5.41, 5.74) is 3.15. The van der Waals surface area contributed by atoms with Gasteiger partial charge in [-0.1, -0.05) is 36.2 Å². The van der Waals surface area contributed by atoms with Gasteiger partial charge in [0.1, 0.15) is 0 Å². The van der Waals surface area contributed by atoms with Crippen molar-refractivity contribution < 1.29 is 14.3 Å². The molecule has 2 amide bonds. The van der Waals surface area contributed by atoms with Crippen LogP contribution in [0.15, 0.2) is 35.5 Å². The van der Waals surface area contributed by atoms with Gasteiger partial charge in [0.2, 0.25) is 0 Å². The van der Waals surface area contributed by atoms with E-state index in [9.17, 15) is 9.59 Å². The number of piperidine rings is 1. The zero-order chi connectivity index (χ0) is 19.4. The van der Waals surface area contributed by atoms with Crippen LogP contribution in [0.5, 0.6) is 0 Å². The lowest BCUT2D eigenvalue weighted by Gasteiger charge is -2.36. The highest BCUT2D eigenvalue weighted by Crippen LogP contribution is 2.29. The van der Waals surface area contributed by atoms with Crippen molar-refractivity contribution in [2.75, 3.05) is 19.7 Å². The van der Waals surface area contributed by atoms with Crippen LogP contribution < -0.4 is 10.6 Å². The first-order chi connectivity index (χ1) is 13.0. The number of carbonyl (C=O) groups excluding carboxylic acids is 2. The third kappa shape index (κ3) is 4.50. The summed E-state index contributed by atoms with van der Waals surface area (Å²) in [5.74, 6) is -0.379. The molecular weight excluding hydrogens is 342 g/mol. The molecule has 1 aromatic carbocycles. The largest absolute Gasteiger partial charge is 0.463 e. The van der Waals surface area contributed by atoms with Crippen LogP contribution in [0, 0.1) is 6.92 Å². The molecule has 0 bridgehead atoms.